The maximum atomic E-state index is 12.6. The number of nitrogens with zero attached hydrogens (tertiary/aromatic N) is 1. The van der Waals surface area contributed by atoms with E-state index in [1.165, 1.54) is 25.5 Å². The maximum absolute atomic E-state index is 12.6. The molecular weight excluding hydrogens is 530 g/mol. The number of amides is 2. The lowest BCUT2D eigenvalue weighted by Gasteiger charge is -2.09. The van der Waals surface area contributed by atoms with Gasteiger partial charge in [0.1, 0.15) is 0 Å². The summed E-state index contributed by atoms with van der Waals surface area (Å²) in [4.78, 5) is 37.3. The van der Waals surface area contributed by atoms with E-state index >= 15 is 0 Å². The number of anilines is 1. The molecule has 0 radical (unpaired) electrons. The van der Waals surface area contributed by atoms with Crippen molar-refractivity contribution in [3.05, 3.63) is 130 Å². The number of methoxy groups -OCH3 is 1. The Morgan fingerprint density at radius 3 is 2.30 bits per heavy atom. The third kappa shape index (κ3) is 7.89. The van der Waals surface area contributed by atoms with Crippen LogP contribution >= 0.6 is 11.6 Å². The molecule has 0 aliphatic heterocycles. The third-order valence-electron chi connectivity index (χ3n) is 5.48. The second-order valence-electron chi connectivity index (χ2n) is 8.32. The molecule has 2 amide bonds. The van der Waals surface area contributed by atoms with Gasteiger partial charge in [0, 0.05) is 27.9 Å². The summed E-state index contributed by atoms with van der Waals surface area (Å²) in [6, 6.07) is 27.1. The lowest BCUT2D eigenvalue weighted by Crippen LogP contribution is -2.18. The number of ether oxygens (including phenoxy) is 2. The largest absolute Gasteiger partial charge is 0.493 e. The van der Waals surface area contributed by atoms with Crippen molar-refractivity contribution in [2.24, 2.45) is 5.10 Å². The van der Waals surface area contributed by atoms with Crippen molar-refractivity contribution in [2.75, 3.05) is 12.4 Å². The molecule has 4 aromatic carbocycles. The first-order valence-corrected chi connectivity index (χ1v) is 12.4. The van der Waals surface area contributed by atoms with Gasteiger partial charge in [0.05, 0.1) is 13.3 Å². The zero-order chi connectivity index (χ0) is 28.3. The van der Waals surface area contributed by atoms with Crippen molar-refractivity contribution in [2.45, 2.75) is 0 Å². The quantitative estimate of drug-likeness (QED) is 0.0871. The molecule has 0 fully saturated rings. The van der Waals surface area contributed by atoms with Gasteiger partial charge in [-0.3, -0.25) is 9.59 Å². The van der Waals surface area contributed by atoms with Gasteiger partial charge in [-0.15, -0.1) is 0 Å². The molecule has 0 saturated carbocycles. The Balaban J connectivity index is 1.34. The number of rotatable bonds is 9. The van der Waals surface area contributed by atoms with Crippen LogP contribution in [0.4, 0.5) is 5.69 Å². The summed E-state index contributed by atoms with van der Waals surface area (Å²) in [7, 11) is 1.45. The average molecular weight is 554 g/mol. The van der Waals surface area contributed by atoms with E-state index in [9.17, 15) is 14.4 Å². The molecule has 0 heterocycles. The van der Waals surface area contributed by atoms with Gasteiger partial charge in [-0.05, 0) is 77.9 Å². The van der Waals surface area contributed by atoms with Crippen LogP contribution in [0.25, 0.3) is 6.08 Å². The van der Waals surface area contributed by atoms with Gasteiger partial charge in [-0.2, -0.15) is 5.10 Å². The number of hydrogen-bond donors (Lipinski definition) is 2. The van der Waals surface area contributed by atoms with Crippen LogP contribution in [-0.2, 0) is 4.79 Å². The smallest absolute Gasteiger partial charge is 0.336 e. The number of nitrogens with one attached hydrogen (secondary N) is 2. The van der Waals surface area contributed by atoms with Crippen LogP contribution in [0.3, 0.4) is 0 Å². The molecule has 2 N–H and O–H groups in total. The number of esters is 1. The Labute approximate surface area is 235 Å². The molecule has 8 nitrogen and oxygen atoms in total. The van der Waals surface area contributed by atoms with Crippen molar-refractivity contribution in [1.29, 1.82) is 0 Å². The highest BCUT2D eigenvalue weighted by Crippen LogP contribution is 2.28. The summed E-state index contributed by atoms with van der Waals surface area (Å²) in [5.74, 6) is -0.795. The summed E-state index contributed by atoms with van der Waals surface area (Å²) in [5.41, 5.74) is 5.10. The highest BCUT2D eigenvalue weighted by Gasteiger charge is 2.11. The topological polar surface area (TPSA) is 106 Å². The number of carbonyl (C=O) groups is 3. The average Bonchev–Trinajstić information content (AvgIpc) is 2.97. The second-order valence-corrected chi connectivity index (χ2v) is 8.75. The van der Waals surface area contributed by atoms with E-state index in [0.717, 1.165) is 5.56 Å². The van der Waals surface area contributed by atoms with E-state index in [-0.39, 0.29) is 11.7 Å². The van der Waals surface area contributed by atoms with E-state index in [1.807, 2.05) is 30.3 Å². The molecule has 0 aliphatic rings. The SMILES string of the molecule is COc1cc(C=NNC(=O)c2cccc(NC(=O)c3ccc(Cl)cc3)c2)ccc1OC(=O)/C=C/c1ccccc1. The number of hydrogen-bond acceptors (Lipinski definition) is 6. The molecule has 0 bridgehead atoms. The number of halogens is 1. The minimum atomic E-state index is -0.553. The summed E-state index contributed by atoms with van der Waals surface area (Å²) >= 11 is 5.87. The molecule has 4 rings (SSSR count). The van der Waals surface area contributed by atoms with Crippen LogP contribution in [0.5, 0.6) is 11.5 Å². The predicted octanol–water partition coefficient (Wildman–Crippen LogP) is 5.98. The lowest BCUT2D eigenvalue weighted by atomic mass is 10.1. The van der Waals surface area contributed by atoms with Crippen molar-refractivity contribution in [3.8, 4) is 11.5 Å². The third-order valence-corrected chi connectivity index (χ3v) is 5.73. The minimum absolute atomic E-state index is 0.240. The molecule has 0 saturated heterocycles. The van der Waals surface area contributed by atoms with Crippen molar-refractivity contribution in [1.82, 2.24) is 5.43 Å². The van der Waals surface area contributed by atoms with Crippen LogP contribution in [-0.4, -0.2) is 31.1 Å². The summed E-state index contributed by atoms with van der Waals surface area (Å²) in [5, 5.41) is 7.27. The van der Waals surface area contributed by atoms with Crippen LogP contribution in [0.15, 0.2) is 108 Å². The van der Waals surface area contributed by atoms with E-state index < -0.39 is 11.9 Å². The van der Waals surface area contributed by atoms with Crippen molar-refractivity contribution >= 4 is 47.4 Å². The number of carbonyl (C=O) groups excluding carboxylic acids is 3. The van der Waals surface area contributed by atoms with Crippen molar-refractivity contribution < 1.29 is 23.9 Å². The van der Waals surface area contributed by atoms with Crippen LogP contribution in [0, 0.1) is 0 Å². The van der Waals surface area contributed by atoms with Gasteiger partial charge in [0.25, 0.3) is 11.8 Å². The van der Waals surface area contributed by atoms with Crippen molar-refractivity contribution in [3.63, 3.8) is 0 Å². The van der Waals surface area contributed by atoms with E-state index in [0.29, 0.717) is 33.1 Å². The Kier molecular flexibility index (Phi) is 9.42. The van der Waals surface area contributed by atoms with Gasteiger partial charge in [0.2, 0.25) is 0 Å². The first-order chi connectivity index (χ1) is 19.4. The molecule has 0 aromatic heterocycles. The first-order valence-electron chi connectivity index (χ1n) is 12.0. The summed E-state index contributed by atoms with van der Waals surface area (Å²) in [6.07, 6.45) is 4.41. The molecule has 40 heavy (non-hydrogen) atoms. The molecule has 0 atom stereocenters. The zero-order valence-corrected chi connectivity index (χ0v) is 22.1. The first kappa shape index (κ1) is 27.8. The normalized spacial score (nSPS) is 10.8. The summed E-state index contributed by atoms with van der Waals surface area (Å²) in [6.45, 7) is 0. The Hall–Kier alpha value is -5.21. The Morgan fingerprint density at radius 2 is 1.55 bits per heavy atom. The fraction of sp³-hybridized carbons (Fsp3) is 0.0323. The zero-order valence-electron chi connectivity index (χ0n) is 21.3. The van der Waals surface area contributed by atoms with E-state index in [2.05, 4.69) is 15.8 Å². The molecular formula is C31H24ClN3O5. The molecule has 0 aliphatic carbocycles. The molecule has 0 spiro atoms. The minimum Gasteiger partial charge on any atom is -0.493 e. The van der Waals surface area contributed by atoms with Gasteiger partial charge < -0.3 is 14.8 Å². The Bertz CT molecular complexity index is 1570. The molecule has 9 heteroatoms. The van der Waals surface area contributed by atoms with Gasteiger partial charge in [0.15, 0.2) is 11.5 Å². The maximum Gasteiger partial charge on any atom is 0.336 e. The highest BCUT2D eigenvalue weighted by molar-refractivity contribution is 6.30. The second kappa shape index (κ2) is 13.5. The fourth-order valence-electron chi connectivity index (χ4n) is 3.49. The van der Waals surface area contributed by atoms with E-state index in [4.69, 9.17) is 21.1 Å². The monoisotopic (exact) mass is 553 g/mol. The summed E-state index contributed by atoms with van der Waals surface area (Å²) < 4.78 is 10.7. The molecule has 4 aromatic rings. The van der Waals surface area contributed by atoms with E-state index in [1.54, 1.807) is 66.7 Å². The van der Waals surface area contributed by atoms with Gasteiger partial charge >= 0.3 is 5.97 Å². The van der Waals surface area contributed by atoms with Crippen LogP contribution < -0.4 is 20.2 Å². The number of hydrazone groups is 1. The van der Waals surface area contributed by atoms with Gasteiger partial charge in [-0.25, -0.2) is 10.2 Å². The lowest BCUT2D eigenvalue weighted by molar-refractivity contribution is -0.129. The molecule has 0 unspecified atom stereocenters. The standard InChI is InChI=1S/C31H24ClN3O5/c1-39-28-18-22(10-16-27(28)40-29(36)17-11-21-6-3-2-4-7-21)20-33-35-31(38)24-8-5-9-26(19-24)34-30(37)23-12-14-25(32)15-13-23/h2-20H,1H3,(H,34,37)(H,35,38)/b17-11+,33-20?. The predicted molar refractivity (Wildman–Crippen MR) is 155 cm³/mol. The Morgan fingerprint density at radius 1 is 0.775 bits per heavy atom. The molecule has 200 valence electrons. The number of benzene rings is 4. The highest BCUT2D eigenvalue weighted by atomic mass is 35.5. The van der Waals surface area contributed by atoms with Gasteiger partial charge in [-0.1, -0.05) is 48.0 Å². The fourth-order valence-corrected chi connectivity index (χ4v) is 3.62. The van der Waals surface area contributed by atoms with Crippen LogP contribution in [0.1, 0.15) is 31.8 Å². The van der Waals surface area contributed by atoms with Crippen LogP contribution in [0.2, 0.25) is 5.02 Å².